The number of rotatable bonds is 5. The number of halogens is 4. The Balaban J connectivity index is 1.51. The predicted octanol–water partition coefficient (Wildman–Crippen LogP) is 7.67. The molecule has 1 nitrogen and oxygen atoms in total. The molecule has 0 aliphatic heterocycles. The normalized spacial score (nSPS) is 32.7. The van der Waals surface area contributed by atoms with Crippen LogP contribution in [0.2, 0.25) is 0 Å². The SMILES string of the molecule is C/C=C/C1CCC(C2=CC=C(c3ccc(C4=CC=C(OC)C(F)C4F)cc3)C(F)C2F)CC1. The van der Waals surface area contributed by atoms with Crippen molar-refractivity contribution in [1.82, 2.24) is 0 Å². The van der Waals surface area contributed by atoms with Crippen molar-refractivity contribution in [1.29, 1.82) is 0 Å². The molecule has 0 amide bonds. The lowest BCUT2D eigenvalue weighted by Crippen LogP contribution is -2.29. The van der Waals surface area contributed by atoms with E-state index in [0.29, 0.717) is 22.6 Å². The Hall–Kier alpha value is -2.56. The van der Waals surface area contributed by atoms with Gasteiger partial charge >= 0.3 is 0 Å². The molecule has 0 aromatic heterocycles. The molecule has 0 bridgehead atoms. The van der Waals surface area contributed by atoms with Crippen molar-refractivity contribution in [3.8, 4) is 0 Å². The molecule has 3 aliphatic carbocycles. The van der Waals surface area contributed by atoms with Gasteiger partial charge < -0.3 is 4.74 Å². The van der Waals surface area contributed by atoms with Crippen LogP contribution in [0.1, 0.15) is 43.7 Å². The van der Waals surface area contributed by atoms with E-state index in [-0.39, 0.29) is 22.8 Å². The maximum Gasteiger partial charge on any atom is 0.192 e. The first-order valence-corrected chi connectivity index (χ1v) is 11.6. The van der Waals surface area contributed by atoms with Crippen LogP contribution in [-0.2, 0) is 4.74 Å². The third kappa shape index (κ3) is 4.73. The molecular formula is C28H30F4O. The zero-order valence-corrected chi connectivity index (χ0v) is 19.0. The van der Waals surface area contributed by atoms with Gasteiger partial charge in [0.15, 0.2) is 24.7 Å². The Morgan fingerprint density at radius 2 is 1.27 bits per heavy atom. The molecule has 0 spiro atoms. The van der Waals surface area contributed by atoms with Gasteiger partial charge in [0.1, 0.15) is 5.76 Å². The molecule has 4 rings (SSSR count). The molecular weight excluding hydrogens is 428 g/mol. The summed E-state index contributed by atoms with van der Waals surface area (Å²) in [6.45, 7) is 2.01. The Morgan fingerprint density at radius 3 is 1.82 bits per heavy atom. The summed E-state index contributed by atoms with van der Waals surface area (Å²) in [5, 5.41) is 0. The molecule has 3 aliphatic rings. The van der Waals surface area contributed by atoms with E-state index in [0.717, 1.165) is 25.7 Å². The molecule has 4 unspecified atom stereocenters. The number of ether oxygens (including phenoxy) is 1. The van der Waals surface area contributed by atoms with Crippen molar-refractivity contribution in [2.45, 2.75) is 57.3 Å². The lowest BCUT2D eigenvalue weighted by atomic mass is 9.74. The van der Waals surface area contributed by atoms with Crippen molar-refractivity contribution >= 4 is 11.1 Å². The first kappa shape index (κ1) is 23.6. The van der Waals surface area contributed by atoms with E-state index in [1.54, 1.807) is 36.4 Å². The molecule has 1 fully saturated rings. The highest BCUT2D eigenvalue weighted by atomic mass is 19.2. The number of allylic oxidation sites excluding steroid dienone is 10. The van der Waals surface area contributed by atoms with E-state index in [2.05, 4.69) is 12.2 Å². The largest absolute Gasteiger partial charge is 0.498 e. The molecule has 0 N–H and O–H groups in total. The lowest BCUT2D eigenvalue weighted by molar-refractivity contribution is 0.152. The third-order valence-electron chi connectivity index (χ3n) is 7.08. The van der Waals surface area contributed by atoms with Gasteiger partial charge in [-0.15, -0.1) is 0 Å². The zero-order chi connectivity index (χ0) is 23.5. The van der Waals surface area contributed by atoms with E-state index < -0.39 is 24.7 Å². The minimum absolute atomic E-state index is 0.0533. The number of methoxy groups -OCH3 is 1. The topological polar surface area (TPSA) is 9.23 Å². The van der Waals surface area contributed by atoms with E-state index in [1.165, 1.54) is 19.3 Å². The Labute approximate surface area is 193 Å². The van der Waals surface area contributed by atoms with E-state index in [1.807, 2.05) is 6.92 Å². The smallest absolute Gasteiger partial charge is 0.192 e. The van der Waals surface area contributed by atoms with Crippen LogP contribution < -0.4 is 0 Å². The van der Waals surface area contributed by atoms with Crippen LogP contribution >= 0.6 is 0 Å². The molecule has 0 radical (unpaired) electrons. The van der Waals surface area contributed by atoms with Gasteiger partial charge in [0.2, 0.25) is 0 Å². The minimum Gasteiger partial charge on any atom is -0.498 e. The fourth-order valence-electron chi connectivity index (χ4n) is 5.18. The molecule has 4 atom stereocenters. The van der Waals surface area contributed by atoms with Crippen LogP contribution in [-0.4, -0.2) is 31.8 Å². The average Bonchev–Trinajstić information content (AvgIpc) is 2.84. The van der Waals surface area contributed by atoms with Gasteiger partial charge in [-0.3, -0.25) is 0 Å². The van der Waals surface area contributed by atoms with E-state index in [4.69, 9.17) is 4.74 Å². The summed E-state index contributed by atoms with van der Waals surface area (Å²) in [6.07, 6.45) is 7.22. The molecule has 0 saturated heterocycles. The quantitative estimate of drug-likeness (QED) is 0.325. The average molecular weight is 459 g/mol. The zero-order valence-electron chi connectivity index (χ0n) is 19.0. The minimum atomic E-state index is -1.87. The fourth-order valence-corrected chi connectivity index (χ4v) is 5.18. The van der Waals surface area contributed by atoms with Gasteiger partial charge in [0, 0.05) is 0 Å². The van der Waals surface area contributed by atoms with Crippen molar-refractivity contribution < 1.29 is 22.3 Å². The summed E-state index contributed by atoms with van der Waals surface area (Å²) in [5.41, 5.74) is 2.07. The maximum atomic E-state index is 15.1. The monoisotopic (exact) mass is 458 g/mol. The Bertz CT molecular complexity index is 993. The molecule has 0 heterocycles. The molecule has 1 aromatic rings. The number of hydrogen-bond acceptors (Lipinski definition) is 1. The van der Waals surface area contributed by atoms with Gasteiger partial charge in [-0.1, -0.05) is 54.6 Å². The second-order valence-electron chi connectivity index (χ2n) is 9.01. The van der Waals surface area contributed by atoms with Crippen LogP contribution in [0.15, 0.2) is 72.1 Å². The molecule has 1 saturated carbocycles. The highest BCUT2D eigenvalue weighted by molar-refractivity contribution is 5.77. The van der Waals surface area contributed by atoms with Crippen molar-refractivity contribution in [2.75, 3.05) is 7.11 Å². The van der Waals surface area contributed by atoms with Crippen LogP contribution in [0.4, 0.5) is 17.6 Å². The third-order valence-corrected chi connectivity index (χ3v) is 7.08. The van der Waals surface area contributed by atoms with Crippen LogP contribution in [0.5, 0.6) is 0 Å². The summed E-state index contributed by atoms with van der Waals surface area (Å²) in [6, 6.07) is 6.51. The van der Waals surface area contributed by atoms with Crippen molar-refractivity contribution in [2.24, 2.45) is 11.8 Å². The van der Waals surface area contributed by atoms with Gasteiger partial charge in [-0.2, -0.15) is 0 Å². The second-order valence-corrected chi connectivity index (χ2v) is 9.01. The standard InChI is InChI=1S/C28H30F4O/c1-3-4-17-5-7-18(8-6-17)21-13-14-22(26(30)25(21)29)19-9-11-20(12-10-19)23-15-16-24(33-2)28(32)27(23)31/h3-4,9-18,25-28H,5-8H2,1-2H3/b4-3+. The van der Waals surface area contributed by atoms with Gasteiger partial charge in [0.05, 0.1) is 7.11 Å². The summed E-state index contributed by atoms with van der Waals surface area (Å²) in [7, 11) is 1.30. The van der Waals surface area contributed by atoms with Crippen molar-refractivity contribution in [3.63, 3.8) is 0 Å². The first-order valence-electron chi connectivity index (χ1n) is 11.6. The molecule has 33 heavy (non-hydrogen) atoms. The predicted molar refractivity (Wildman–Crippen MR) is 125 cm³/mol. The molecule has 5 heteroatoms. The summed E-state index contributed by atoms with van der Waals surface area (Å²) in [5.74, 6) is 0.562. The lowest BCUT2D eigenvalue weighted by Gasteiger charge is -2.33. The number of hydrogen-bond donors (Lipinski definition) is 0. The van der Waals surface area contributed by atoms with E-state index in [9.17, 15) is 8.78 Å². The highest BCUT2D eigenvalue weighted by Crippen LogP contribution is 2.41. The van der Waals surface area contributed by atoms with Crippen LogP contribution in [0, 0.1) is 11.8 Å². The molecule has 1 aromatic carbocycles. The van der Waals surface area contributed by atoms with Crippen LogP contribution in [0.25, 0.3) is 11.1 Å². The summed E-state index contributed by atoms with van der Waals surface area (Å²) in [4.78, 5) is 0. The van der Waals surface area contributed by atoms with Gasteiger partial charge in [0.25, 0.3) is 0 Å². The van der Waals surface area contributed by atoms with Gasteiger partial charge in [-0.25, -0.2) is 17.6 Å². The second kappa shape index (κ2) is 10.1. The first-order chi connectivity index (χ1) is 15.9. The highest BCUT2D eigenvalue weighted by Gasteiger charge is 2.36. The summed E-state index contributed by atoms with van der Waals surface area (Å²) >= 11 is 0. The van der Waals surface area contributed by atoms with E-state index >= 15 is 8.78 Å². The summed E-state index contributed by atoms with van der Waals surface area (Å²) < 4.78 is 63.8. The van der Waals surface area contributed by atoms with Crippen LogP contribution in [0.3, 0.4) is 0 Å². The number of benzene rings is 1. The van der Waals surface area contributed by atoms with Crippen molar-refractivity contribution in [3.05, 3.63) is 83.2 Å². The molecule has 176 valence electrons. The fraction of sp³-hybridized carbons (Fsp3) is 0.429. The Morgan fingerprint density at radius 1 is 0.727 bits per heavy atom. The van der Waals surface area contributed by atoms with Gasteiger partial charge in [-0.05, 0) is 78.4 Å². The maximum absolute atomic E-state index is 15.1. The Kier molecular flexibility index (Phi) is 7.26. The number of alkyl halides is 4.